The number of rotatable bonds is 2. The fourth-order valence-corrected chi connectivity index (χ4v) is 2.23. The van der Waals surface area contributed by atoms with Gasteiger partial charge in [0.2, 0.25) is 0 Å². The van der Waals surface area contributed by atoms with Gasteiger partial charge in [-0.1, -0.05) is 0 Å². The van der Waals surface area contributed by atoms with Crippen LogP contribution in [0.5, 0.6) is 0 Å². The topological polar surface area (TPSA) is 64.6 Å². The second-order valence-electron chi connectivity index (χ2n) is 4.35. The fourth-order valence-electron chi connectivity index (χ4n) is 1.44. The van der Waals surface area contributed by atoms with Gasteiger partial charge >= 0.3 is 11.9 Å². The van der Waals surface area contributed by atoms with Crippen LogP contribution < -0.4 is 5.32 Å². The summed E-state index contributed by atoms with van der Waals surface area (Å²) in [6, 6.07) is 0. The number of ether oxygens (including phenoxy) is 2. The number of aryl methyl sites for hydroxylation is 1. The van der Waals surface area contributed by atoms with E-state index >= 15 is 0 Å². The molecule has 18 heavy (non-hydrogen) atoms. The van der Waals surface area contributed by atoms with Gasteiger partial charge in [-0.2, -0.15) is 0 Å². The molecule has 96 valence electrons. The molecule has 0 aromatic carbocycles. The highest BCUT2D eigenvalue weighted by Gasteiger charge is 2.38. The third kappa shape index (κ3) is 2.53. The predicted octanol–water partition coefficient (Wildman–Crippen LogP) is 2.19. The van der Waals surface area contributed by atoms with Crippen LogP contribution in [0.1, 0.15) is 19.4 Å². The highest BCUT2D eigenvalue weighted by atomic mass is 32.1. The van der Waals surface area contributed by atoms with Gasteiger partial charge in [0.15, 0.2) is 5.57 Å². The van der Waals surface area contributed by atoms with Crippen LogP contribution >= 0.6 is 11.3 Å². The van der Waals surface area contributed by atoms with Gasteiger partial charge in [0.05, 0.1) is 5.69 Å². The van der Waals surface area contributed by atoms with Crippen molar-refractivity contribution in [2.45, 2.75) is 26.6 Å². The molecule has 5 nitrogen and oxygen atoms in total. The summed E-state index contributed by atoms with van der Waals surface area (Å²) in [6.07, 6.45) is 1.31. The number of nitrogens with one attached hydrogen (secondary N) is 1. The van der Waals surface area contributed by atoms with Crippen molar-refractivity contribution in [2.24, 2.45) is 0 Å². The third-order valence-electron chi connectivity index (χ3n) is 2.34. The normalized spacial score (nSPS) is 18.1. The number of anilines is 1. The molecule has 1 aromatic heterocycles. The summed E-state index contributed by atoms with van der Waals surface area (Å²) in [5, 5.41) is 6.74. The number of thiophene rings is 1. The first-order valence-corrected chi connectivity index (χ1v) is 6.29. The highest BCUT2D eigenvalue weighted by Crippen LogP contribution is 2.24. The first-order valence-electron chi connectivity index (χ1n) is 5.35. The first kappa shape index (κ1) is 12.6. The van der Waals surface area contributed by atoms with E-state index in [9.17, 15) is 9.59 Å². The molecule has 1 aromatic rings. The zero-order valence-electron chi connectivity index (χ0n) is 10.3. The Balaban J connectivity index is 2.16. The van der Waals surface area contributed by atoms with Crippen molar-refractivity contribution in [2.75, 3.05) is 5.32 Å². The number of hydrogen-bond acceptors (Lipinski definition) is 6. The molecule has 1 aliphatic heterocycles. The van der Waals surface area contributed by atoms with Crippen LogP contribution in [-0.2, 0) is 19.1 Å². The van der Waals surface area contributed by atoms with Crippen LogP contribution in [0.25, 0.3) is 0 Å². The van der Waals surface area contributed by atoms with Crippen LogP contribution in [0.4, 0.5) is 5.69 Å². The Morgan fingerprint density at radius 2 is 1.83 bits per heavy atom. The molecule has 0 bridgehead atoms. The lowest BCUT2D eigenvalue weighted by atomic mass is 10.2. The van der Waals surface area contributed by atoms with E-state index in [1.807, 2.05) is 17.7 Å². The molecule has 0 atom stereocenters. The zero-order chi connectivity index (χ0) is 13.3. The Morgan fingerprint density at radius 1 is 1.22 bits per heavy atom. The maximum atomic E-state index is 11.6. The van der Waals surface area contributed by atoms with Gasteiger partial charge < -0.3 is 14.8 Å². The van der Waals surface area contributed by atoms with E-state index in [0.717, 1.165) is 11.3 Å². The van der Waals surface area contributed by atoms with Gasteiger partial charge in [0, 0.05) is 25.4 Å². The lowest BCUT2D eigenvalue weighted by Gasteiger charge is -2.29. The largest absolute Gasteiger partial charge is 0.419 e. The second kappa shape index (κ2) is 4.45. The number of esters is 2. The fraction of sp³-hybridized carbons (Fsp3) is 0.333. The quantitative estimate of drug-likeness (QED) is 0.505. The molecule has 1 aliphatic rings. The van der Waals surface area contributed by atoms with Gasteiger partial charge in [-0.05, 0) is 17.9 Å². The standard InChI is InChI=1S/C12H13NO4S/c1-7-5-18-6-9(7)13-4-8-10(14)16-12(2,3)17-11(8)15/h4-6,13H,1-3H3. The van der Waals surface area contributed by atoms with E-state index in [2.05, 4.69) is 5.32 Å². The molecular formula is C12H13NO4S. The van der Waals surface area contributed by atoms with E-state index in [1.165, 1.54) is 31.4 Å². The molecule has 2 heterocycles. The Hall–Kier alpha value is -1.82. The molecular weight excluding hydrogens is 254 g/mol. The van der Waals surface area contributed by atoms with Crippen LogP contribution in [0.3, 0.4) is 0 Å². The minimum Gasteiger partial charge on any atom is -0.419 e. The number of carbonyl (C=O) groups excluding carboxylic acids is 2. The smallest absolute Gasteiger partial charge is 0.350 e. The molecule has 1 fully saturated rings. The Labute approximate surface area is 108 Å². The van der Waals surface area contributed by atoms with Crippen molar-refractivity contribution in [3.05, 3.63) is 28.1 Å². The van der Waals surface area contributed by atoms with E-state index in [1.54, 1.807) is 0 Å². The Morgan fingerprint density at radius 3 is 2.33 bits per heavy atom. The summed E-state index contributed by atoms with van der Waals surface area (Å²) in [5.41, 5.74) is 1.74. The minimum absolute atomic E-state index is 0.139. The van der Waals surface area contributed by atoms with Crippen molar-refractivity contribution in [1.82, 2.24) is 0 Å². The molecule has 0 amide bonds. The van der Waals surface area contributed by atoms with Crippen LogP contribution in [0, 0.1) is 6.92 Å². The van der Waals surface area contributed by atoms with E-state index < -0.39 is 17.7 Å². The summed E-state index contributed by atoms with van der Waals surface area (Å²) in [4.78, 5) is 23.3. The number of carbonyl (C=O) groups is 2. The lowest BCUT2D eigenvalue weighted by molar-refractivity contribution is -0.222. The molecule has 0 radical (unpaired) electrons. The van der Waals surface area contributed by atoms with Crippen molar-refractivity contribution in [3.63, 3.8) is 0 Å². The summed E-state index contributed by atoms with van der Waals surface area (Å²) in [7, 11) is 0. The zero-order valence-corrected chi connectivity index (χ0v) is 11.1. The SMILES string of the molecule is Cc1cscc1NC=C1C(=O)OC(C)(C)OC1=O. The van der Waals surface area contributed by atoms with E-state index in [-0.39, 0.29) is 5.57 Å². The average Bonchev–Trinajstić information content (AvgIpc) is 2.61. The molecule has 0 aliphatic carbocycles. The minimum atomic E-state index is -1.20. The molecule has 2 rings (SSSR count). The molecule has 0 saturated carbocycles. The summed E-state index contributed by atoms with van der Waals surface area (Å²) >= 11 is 1.53. The van der Waals surface area contributed by atoms with Crippen molar-refractivity contribution in [3.8, 4) is 0 Å². The predicted molar refractivity (Wildman–Crippen MR) is 67.0 cm³/mol. The number of hydrogen-bond donors (Lipinski definition) is 1. The molecule has 0 unspecified atom stereocenters. The molecule has 0 spiro atoms. The molecule has 1 N–H and O–H groups in total. The lowest BCUT2D eigenvalue weighted by Crippen LogP contribution is -2.42. The van der Waals surface area contributed by atoms with E-state index in [4.69, 9.17) is 9.47 Å². The maximum absolute atomic E-state index is 11.6. The van der Waals surface area contributed by atoms with Crippen LogP contribution in [-0.4, -0.2) is 17.7 Å². The van der Waals surface area contributed by atoms with Gasteiger partial charge in [-0.3, -0.25) is 0 Å². The molecule has 6 heteroatoms. The highest BCUT2D eigenvalue weighted by molar-refractivity contribution is 7.08. The third-order valence-corrected chi connectivity index (χ3v) is 3.21. The van der Waals surface area contributed by atoms with Crippen molar-refractivity contribution >= 4 is 29.0 Å². The maximum Gasteiger partial charge on any atom is 0.350 e. The Kier molecular flexibility index (Phi) is 3.13. The second-order valence-corrected chi connectivity index (χ2v) is 5.09. The summed E-state index contributed by atoms with van der Waals surface area (Å²) in [6.45, 7) is 4.95. The van der Waals surface area contributed by atoms with Gasteiger partial charge in [0.25, 0.3) is 5.79 Å². The van der Waals surface area contributed by atoms with Crippen LogP contribution in [0.15, 0.2) is 22.5 Å². The van der Waals surface area contributed by atoms with Crippen molar-refractivity contribution < 1.29 is 19.1 Å². The van der Waals surface area contributed by atoms with Gasteiger partial charge in [0.1, 0.15) is 0 Å². The van der Waals surface area contributed by atoms with Gasteiger partial charge in [-0.15, -0.1) is 11.3 Å². The molecule has 1 saturated heterocycles. The first-order chi connectivity index (χ1) is 8.39. The average molecular weight is 267 g/mol. The van der Waals surface area contributed by atoms with Gasteiger partial charge in [-0.25, -0.2) is 9.59 Å². The Bertz CT molecular complexity index is 508. The van der Waals surface area contributed by atoms with Crippen molar-refractivity contribution in [1.29, 1.82) is 0 Å². The summed E-state index contributed by atoms with van der Waals surface area (Å²) < 4.78 is 9.94. The summed E-state index contributed by atoms with van der Waals surface area (Å²) in [5.74, 6) is -2.57. The number of cyclic esters (lactones) is 2. The van der Waals surface area contributed by atoms with Crippen LogP contribution in [0.2, 0.25) is 0 Å². The monoisotopic (exact) mass is 267 g/mol. The van der Waals surface area contributed by atoms with E-state index in [0.29, 0.717) is 0 Å².